The van der Waals surface area contributed by atoms with Gasteiger partial charge in [0, 0.05) is 46.7 Å². The largest absolute Gasteiger partial charge is 0.491 e. The number of nitrogens with one attached hydrogen (secondary N) is 1. The van der Waals surface area contributed by atoms with Gasteiger partial charge in [-0.05, 0) is 23.8 Å². The molecule has 0 aliphatic heterocycles. The number of guanidine groups is 1. The summed E-state index contributed by atoms with van der Waals surface area (Å²) in [7, 11) is 7.43. The molecule has 0 aliphatic carbocycles. The molecule has 26 heavy (non-hydrogen) atoms. The van der Waals surface area contributed by atoms with Crippen molar-refractivity contribution < 1.29 is 9.47 Å². The van der Waals surface area contributed by atoms with Crippen molar-refractivity contribution in [3.8, 4) is 5.75 Å². The number of nitrogens with zero attached hydrogens (tertiary/aromatic N) is 3. The van der Waals surface area contributed by atoms with E-state index in [2.05, 4.69) is 15.2 Å². The summed E-state index contributed by atoms with van der Waals surface area (Å²) >= 11 is 6.05. The van der Waals surface area contributed by atoms with Crippen LogP contribution in [0.4, 0.5) is 0 Å². The van der Waals surface area contributed by atoms with Gasteiger partial charge in [0.05, 0.1) is 18.2 Å². The third kappa shape index (κ3) is 5.97. The van der Waals surface area contributed by atoms with Crippen LogP contribution in [0.3, 0.4) is 0 Å². The van der Waals surface area contributed by atoms with E-state index in [4.69, 9.17) is 21.1 Å². The minimum absolute atomic E-state index is 0.550. The molecule has 2 rings (SSSR count). The Morgan fingerprint density at radius 2 is 2.00 bits per heavy atom. The van der Waals surface area contributed by atoms with Crippen molar-refractivity contribution in [3.63, 3.8) is 0 Å². The van der Waals surface area contributed by atoms with Crippen molar-refractivity contribution >= 4 is 17.6 Å². The average molecular weight is 379 g/mol. The van der Waals surface area contributed by atoms with Gasteiger partial charge in [-0.25, -0.2) is 0 Å². The normalized spacial score (nSPS) is 11.5. The zero-order valence-corrected chi connectivity index (χ0v) is 16.6. The maximum absolute atomic E-state index is 6.05. The second-order valence-electron chi connectivity index (χ2n) is 6.00. The highest BCUT2D eigenvalue weighted by molar-refractivity contribution is 6.30. The van der Waals surface area contributed by atoms with Crippen LogP contribution in [0, 0.1) is 0 Å². The molecule has 2 aromatic rings. The summed E-state index contributed by atoms with van der Waals surface area (Å²) in [5, 5.41) is 4.12. The Morgan fingerprint density at radius 3 is 2.58 bits per heavy atom. The molecule has 0 fully saturated rings. The van der Waals surface area contributed by atoms with E-state index in [1.54, 1.807) is 14.2 Å². The maximum Gasteiger partial charge on any atom is 0.194 e. The van der Waals surface area contributed by atoms with E-state index in [1.165, 1.54) is 0 Å². The second-order valence-corrected chi connectivity index (χ2v) is 6.44. The SMILES string of the molecule is CN=C(NCc1ccc(OCCOC)cc1)N(C)Cc1cc(Cl)cn1C. The second kappa shape index (κ2) is 10.1. The average Bonchev–Trinajstić information content (AvgIpc) is 2.94. The van der Waals surface area contributed by atoms with E-state index in [-0.39, 0.29) is 0 Å². The summed E-state index contributed by atoms with van der Waals surface area (Å²) in [6, 6.07) is 9.97. The summed E-state index contributed by atoms with van der Waals surface area (Å²) in [6.45, 7) is 2.53. The molecule has 0 atom stereocenters. The number of hydrogen-bond acceptors (Lipinski definition) is 3. The minimum Gasteiger partial charge on any atom is -0.491 e. The fraction of sp³-hybridized carbons (Fsp3) is 0.421. The van der Waals surface area contributed by atoms with Gasteiger partial charge in [0.2, 0.25) is 0 Å². The number of aromatic nitrogens is 1. The van der Waals surface area contributed by atoms with Crippen LogP contribution in [0.1, 0.15) is 11.3 Å². The van der Waals surface area contributed by atoms with E-state index in [1.807, 2.05) is 55.2 Å². The lowest BCUT2D eigenvalue weighted by molar-refractivity contribution is 0.146. The number of rotatable bonds is 8. The number of hydrogen-bond donors (Lipinski definition) is 1. The van der Waals surface area contributed by atoms with Crippen LogP contribution in [-0.4, -0.2) is 49.8 Å². The lowest BCUT2D eigenvalue weighted by Gasteiger charge is -2.22. The summed E-state index contributed by atoms with van der Waals surface area (Å²) in [5.74, 6) is 1.66. The molecule has 1 aromatic carbocycles. The topological polar surface area (TPSA) is 51.0 Å². The monoisotopic (exact) mass is 378 g/mol. The molecule has 0 aliphatic rings. The van der Waals surface area contributed by atoms with Crippen molar-refractivity contribution in [2.75, 3.05) is 34.4 Å². The first kappa shape index (κ1) is 20.1. The molecule has 0 saturated carbocycles. The fourth-order valence-electron chi connectivity index (χ4n) is 2.55. The first-order valence-corrected chi connectivity index (χ1v) is 8.84. The molecular weight excluding hydrogens is 352 g/mol. The molecule has 0 saturated heterocycles. The minimum atomic E-state index is 0.550. The smallest absolute Gasteiger partial charge is 0.194 e. The Kier molecular flexibility index (Phi) is 7.81. The van der Waals surface area contributed by atoms with Crippen molar-refractivity contribution in [2.45, 2.75) is 13.1 Å². The molecule has 6 nitrogen and oxygen atoms in total. The van der Waals surface area contributed by atoms with Crippen molar-refractivity contribution in [2.24, 2.45) is 12.0 Å². The number of halogens is 1. The summed E-state index contributed by atoms with van der Waals surface area (Å²) in [6.07, 6.45) is 1.90. The van der Waals surface area contributed by atoms with Gasteiger partial charge < -0.3 is 24.3 Å². The van der Waals surface area contributed by atoms with Gasteiger partial charge >= 0.3 is 0 Å². The Balaban J connectivity index is 1.86. The van der Waals surface area contributed by atoms with Crippen LogP contribution < -0.4 is 10.1 Å². The third-order valence-electron chi connectivity index (χ3n) is 3.98. The van der Waals surface area contributed by atoms with E-state index >= 15 is 0 Å². The first-order chi connectivity index (χ1) is 12.5. The zero-order valence-electron chi connectivity index (χ0n) is 15.8. The molecular formula is C19H27ClN4O2. The van der Waals surface area contributed by atoms with Gasteiger partial charge in [-0.2, -0.15) is 0 Å². The van der Waals surface area contributed by atoms with Gasteiger partial charge in [-0.1, -0.05) is 23.7 Å². The first-order valence-electron chi connectivity index (χ1n) is 8.46. The van der Waals surface area contributed by atoms with Crippen molar-refractivity contribution in [1.29, 1.82) is 0 Å². The van der Waals surface area contributed by atoms with Crippen molar-refractivity contribution in [1.82, 2.24) is 14.8 Å². The number of methoxy groups -OCH3 is 1. The van der Waals surface area contributed by atoms with Crippen LogP contribution in [-0.2, 0) is 24.9 Å². The van der Waals surface area contributed by atoms with Crippen LogP contribution in [0.5, 0.6) is 5.75 Å². The summed E-state index contributed by atoms with van der Waals surface area (Å²) in [5.41, 5.74) is 2.28. The molecule has 1 aromatic heterocycles. The molecule has 0 spiro atoms. The molecule has 1 heterocycles. The van der Waals surface area contributed by atoms with Crippen molar-refractivity contribution in [3.05, 3.63) is 52.8 Å². The van der Waals surface area contributed by atoms with E-state index in [0.717, 1.165) is 34.5 Å². The zero-order chi connectivity index (χ0) is 18.9. The number of ether oxygens (including phenoxy) is 2. The molecule has 0 unspecified atom stereocenters. The quantitative estimate of drug-likeness (QED) is 0.436. The van der Waals surface area contributed by atoms with Crippen LogP contribution in [0.2, 0.25) is 5.02 Å². The standard InChI is InChI=1S/C19H27ClN4O2/c1-21-19(24(3)14-17-11-16(20)13-23(17)2)22-12-15-5-7-18(8-6-15)26-10-9-25-4/h5-8,11,13H,9-10,12,14H2,1-4H3,(H,21,22). The Bertz CT molecular complexity index is 713. The molecule has 7 heteroatoms. The fourth-order valence-corrected chi connectivity index (χ4v) is 2.83. The highest BCUT2D eigenvalue weighted by Gasteiger charge is 2.09. The lowest BCUT2D eigenvalue weighted by Crippen LogP contribution is -2.38. The van der Waals surface area contributed by atoms with Gasteiger partial charge in [0.25, 0.3) is 0 Å². The Hall–Kier alpha value is -2.18. The van der Waals surface area contributed by atoms with Gasteiger partial charge in [0.15, 0.2) is 5.96 Å². The van der Waals surface area contributed by atoms with Gasteiger partial charge in [-0.15, -0.1) is 0 Å². The van der Waals surface area contributed by atoms with E-state index < -0.39 is 0 Å². The Labute approximate surface area is 160 Å². The van der Waals surface area contributed by atoms with E-state index in [0.29, 0.717) is 19.8 Å². The molecule has 0 amide bonds. The summed E-state index contributed by atoms with van der Waals surface area (Å²) < 4.78 is 12.6. The maximum atomic E-state index is 6.05. The van der Waals surface area contributed by atoms with Crippen LogP contribution in [0.25, 0.3) is 0 Å². The highest BCUT2D eigenvalue weighted by Crippen LogP contribution is 2.15. The highest BCUT2D eigenvalue weighted by atomic mass is 35.5. The number of aliphatic imine (C=N–C) groups is 1. The lowest BCUT2D eigenvalue weighted by atomic mass is 10.2. The third-order valence-corrected chi connectivity index (χ3v) is 4.18. The predicted molar refractivity (Wildman–Crippen MR) is 106 cm³/mol. The summed E-state index contributed by atoms with van der Waals surface area (Å²) in [4.78, 5) is 6.42. The van der Waals surface area contributed by atoms with Crippen LogP contribution >= 0.6 is 11.6 Å². The Morgan fingerprint density at radius 1 is 1.27 bits per heavy atom. The molecule has 142 valence electrons. The molecule has 0 radical (unpaired) electrons. The van der Waals surface area contributed by atoms with Gasteiger partial charge in [-0.3, -0.25) is 4.99 Å². The van der Waals surface area contributed by atoms with Gasteiger partial charge in [0.1, 0.15) is 12.4 Å². The molecule has 0 bridgehead atoms. The molecule has 1 N–H and O–H groups in total. The van der Waals surface area contributed by atoms with Crippen LogP contribution in [0.15, 0.2) is 41.5 Å². The predicted octanol–water partition coefficient (Wildman–Crippen LogP) is 2.91. The number of benzene rings is 1. The van der Waals surface area contributed by atoms with E-state index in [9.17, 15) is 0 Å². The number of aryl methyl sites for hydroxylation is 1.